The van der Waals surface area contributed by atoms with Crippen molar-refractivity contribution in [1.29, 1.82) is 0 Å². The van der Waals surface area contributed by atoms with Crippen LogP contribution in [0.15, 0.2) is 42.7 Å². The molecule has 3 heteroatoms. The van der Waals surface area contributed by atoms with Crippen LogP contribution >= 0.6 is 0 Å². The van der Waals surface area contributed by atoms with E-state index in [-0.39, 0.29) is 5.97 Å². The number of hydrogen-bond acceptors (Lipinski definition) is 3. The van der Waals surface area contributed by atoms with E-state index in [0.717, 1.165) is 12.8 Å². The lowest BCUT2D eigenvalue weighted by Crippen LogP contribution is -2.02. The van der Waals surface area contributed by atoms with Crippen LogP contribution < -0.4 is 4.74 Å². The Balaban J connectivity index is 2.12. The van der Waals surface area contributed by atoms with Gasteiger partial charge in [0.1, 0.15) is 5.75 Å². The maximum Gasteiger partial charge on any atom is 0.333 e. The maximum atomic E-state index is 11.3. The molecule has 1 aromatic carbocycles. The van der Waals surface area contributed by atoms with Gasteiger partial charge in [0.2, 0.25) is 0 Å². The van der Waals surface area contributed by atoms with Crippen molar-refractivity contribution in [2.45, 2.75) is 32.6 Å². The predicted molar refractivity (Wildman–Crippen MR) is 71.3 cm³/mol. The van der Waals surface area contributed by atoms with Gasteiger partial charge in [-0.3, -0.25) is 0 Å². The van der Waals surface area contributed by atoms with E-state index in [1.165, 1.54) is 25.2 Å². The van der Waals surface area contributed by atoms with Crippen LogP contribution in [0, 0.1) is 0 Å². The Morgan fingerprint density at radius 1 is 1.17 bits per heavy atom. The SMILES string of the molecule is CCCCCCOC(=O)C=COc1ccccc1. The van der Waals surface area contributed by atoms with Crippen LogP contribution in [0.2, 0.25) is 0 Å². The van der Waals surface area contributed by atoms with E-state index >= 15 is 0 Å². The molecule has 0 bridgehead atoms. The minimum absolute atomic E-state index is 0.359. The molecule has 1 rings (SSSR count). The Kier molecular flexibility index (Phi) is 7.37. The van der Waals surface area contributed by atoms with E-state index in [1.54, 1.807) is 0 Å². The average molecular weight is 248 g/mol. The number of carbonyl (C=O) groups excluding carboxylic acids is 1. The van der Waals surface area contributed by atoms with Gasteiger partial charge in [0.05, 0.1) is 18.9 Å². The summed E-state index contributed by atoms with van der Waals surface area (Å²) in [5.41, 5.74) is 0. The molecule has 98 valence electrons. The van der Waals surface area contributed by atoms with Gasteiger partial charge < -0.3 is 9.47 Å². The van der Waals surface area contributed by atoms with Crippen molar-refractivity contribution in [3.05, 3.63) is 42.7 Å². The summed E-state index contributed by atoms with van der Waals surface area (Å²) in [6, 6.07) is 9.28. The molecule has 0 aliphatic carbocycles. The second kappa shape index (κ2) is 9.28. The van der Waals surface area contributed by atoms with Gasteiger partial charge in [0.25, 0.3) is 0 Å². The summed E-state index contributed by atoms with van der Waals surface area (Å²) < 4.78 is 10.3. The number of ether oxygens (including phenoxy) is 2. The first-order valence-electron chi connectivity index (χ1n) is 6.38. The summed E-state index contributed by atoms with van der Waals surface area (Å²) in [4.78, 5) is 11.3. The second-order valence-electron chi connectivity index (χ2n) is 3.96. The normalized spacial score (nSPS) is 10.5. The zero-order valence-electron chi connectivity index (χ0n) is 10.8. The largest absolute Gasteiger partial charge is 0.465 e. The van der Waals surface area contributed by atoms with Crippen molar-refractivity contribution in [3.8, 4) is 5.75 Å². The molecule has 0 aliphatic heterocycles. The molecule has 0 heterocycles. The second-order valence-corrected chi connectivity index (χ2v) is 3.96. The first-order chi connectivity index (χ1) is 8.83. The molecular formula is C15H20O3. The van der Waals surface area contributed by atoms with Gasteiger partial charge in [-0.05, 0) is 18.6 Å². The quantitative estimate of drug-likeness (QED) is 0.304. The minimum atomic E-state index is -0.359. The summed E-state index contributed by atoms with van der Waals surface area (Å²) in [7, 11) is 0. The van der Waals surface area contributed by atoms with Crippen LogP contribution in [0.5, 0.6) is 5.75 Å². The molecule has 0 saturated carbocycles. The van der Waals surface area contributed by atoms with Crippen LogP contribution in [0.1, 0.15) is 32.6 Å². The molecule has 1 aromatic rings. The van der Waals surface area contributed by atoms with E-state index in [0.29, 0.717) is 12.4 Å². The van der Waals surface area contributed by atoms with E-state index in [9.17, 15) is 4.79 Å². The number of unbranched alkanes of at least 4 members (excludes halogenated alkanes) is 3. The lowest BCUT2D eigenvalue weighted by Gasteiger charge is -2.01. The van der Waals surface area contributed by atoms with E-state index in [2.05, 4.69) is 6.92 Å². The topological polar surface area (TPSA) is 35.5 Å². The Morgan fingerprint density at radius 2 is 1.94 bits per heavy atom. The molecule has 0 atom stereocenters. The third kappa shape index (κ3) is 6.74. The molecule has 0 aromatic heterocycles. The number of hydrogen-bond donors (Lipinski definition) is 0. The first kappa shape index (κ1) is 14.3. The molecule has 0 radical (unpaired) electrons. The van der Waals surface area contributed by atoms with Crippen molar-refractivity contribution in [2.75, 3.05) is 6.61 Å². The molecular weight excluding hydrogens is 228 g/mol. The van der Waals surface area contributed by atoms with Gasteiger partial charge in [0.15, 0.2) is 0 Å². The maximum absolute atomic E-state index is 11.3. The third-order valence-electron chi connectivity index (χ3n) is 2.39. The number of esters is 1. The van der Waals surface area contributed by atoms with Crippen LogP contribution in [-0.4, -0.2) is 12.6 Å². The first-order valence-corrected chi connectivity index (χ1v) is 6.38. The van der Waals surface area contributed by atoms with Crippen LogP contribution in [0.4, 0.5) is 0 Å². The average Bonchev–Trinajstić information content (AvgIpc) is 2.40. The molecule has 0 spiro atoms. The Hall–Kier alpha value is -1.77. The summed E-state index contributed by atoms with van der Waals surface area (Å²) in [6.07, 6.45) is 7.04. The van der Waals surface area contributed by atoms with Gasteiger partial charge in [-0.25, -0.2) is 4.79 Å². The van der Waals surface area contributed by atoms with E-state index in [1.807, 2.05) is 30.3 Å². The van der Waals surface area contributed by atoms with Crippen molar-refractivity contribution in [2.24, 2.45) is 0 Å². The predicted octanol–water partition coefficient (Wildman–Crippen LogP) is 3.70. The number of benzene rings is 1. The van der Waals surface area contributed by atoms with Gasteiger partial charge in [-0.2, -0.15) is 0 Å². The van der Waals surface area contributed by atoms with Crippen molar-refractivity contribution in [1.82, 2.24) is 0 Å². The Labute approximate surface area is 108 Å². The highest BCUT2D eigenvalue weighted by molar-refractivity contribution is 5.81. The fourth-order valence-corrected chi connectivity index (χ4v) is 1.42. The molecule has 0 fully saturated rings. The van der Waals surface area contributed by atoms with Gasteiger partial charge >= 0.3 is 5.97 Å². The lowest BCUT2D eigenvalue weighted by molar-refractivity contribution is -0.137. The van der Waals surface area contributed by atoms with Crippen molar-refractivity contribution >= 4 is 5.97 Å². The van der Waals surface area contributed by atoms with E-state index < -0.39 is 0 Å². The number of para-hydroxylation sites is 1. The fourth-order valence-electron chi connectivity index (χ4n) is 1.42. The van der Waals surface area contributed by atoms with Gasteiger partial charge in [-0.1, -0.05) is 44.4 Å². The smallest absolute Gasteiger partial charge is 0.333 e. The molecule has 0 saturated heterocycles. The summed E-state index contributed by atoms with van der Waals surface area (Å²) >= 11 is 0. The molecule has 0 amide bonds. The van der Waals surface area contributed by atoms with E-state index in [4.69, 9.17) is 9.47 Å². The summed E-state index contributed by atoms with van der Waals surface area (Å²) in [5, 5.41) is 0. The Morgan fingerprint density at radius 3 is 2.67 bits per heavy atom. The fraction of sp³-hybridized carbons (Fsp3) is 0.400. The standard InChI is InChI=1S/C15H20O3/c1-2-3-4-8-12-18-15(16)11-13-17-14-9-6-5-7-10-14/h5-7,9-11,13H,2-4,8,12H2,1H3. The summed E-state index contributed by atoms with van der Waals surface area (Å²) in [5.74, 6) is 0.340. The highest BCUT2D eigenvalue weighted by Gasteiger charge is 1.96. The van der Waals surface area contributed by atoms with Crippen molar-refractivity contribution < 1.29 is 14.3 Å². The molecule has 0 aliphatic rings. The highest BCUT2D eigenvalue weighted by Crippen LogP contribution is 2.08. The molecule has 0 unspecified atom stereocenters. The van der Waals surface area contributed by atoms with Crippen LogP contribution in [0.3, 0.4) is 0 Å². The molecule has 18 heavy (non-hydrogen) atoms. The molecule has 3 nitrogen and oxygen atoms in total. The number of rotatable bonds is 8. The third-order valence-corrected chi connectivity index (χ3v) is 2.39. The minimum Gasteiger partial charge on any atom is -0.465 e. The number of carbonyl (C=O) groups is 1. The lowest BCUT2D eigenvalue weighted by atomic mass is 10.2. The zero-order valence-corrected chi connectivity index (χ0v) is 10.8. The highest BCUT2D eigenvalue weighted by atomic mass is 16.5. The van der Waals surface area contributed by atoms with Gasteiger partial charge in [-0.15, -0.1) is 0 Å². The monoisotopic (exact) mass is 248 g/mol. The Bertz CT molecular complexity index is 357. The van der Waals surface area contributed by atoms with Crippen LogP contribution in [0.25, 0.3) is 0 Å². The van der Waals surface area contributed by atoms with Gasteiger partial charge in [0, 0.05) is 0 Å². The van der Waals surface area contributed by atoms with Crippen LogP contribution in [-0.2, 0) is 9.53 Å². The zero-order chi connectivity index (χ0) is 13.1. The summed E-state index contributed by atoms with van der Waals surface area (Å²) in [6.45, 7) is 2.63. The molecule has 0 N–H and O–H groups in total. The van der Waals surface area contributed by atoms with Crippen molar-refractivity contribution in [3.63, 3.8) is 0 Å².